The van der Waals surface area contributed by atoms with Crippen LogP contribution in [-0.4, -0.2) is 157 Å². The van der Waals surface area contributed by atoms with Gasteiger partial charge in [-0.3, -0.25) is 38.5 Å². The van der Waals surface area contributed by atoms with E-state index in [9.17, 15) is 47.9 Å². The van der Waals surface area contributed by atoms with Gasteiger partial charge in [-0.15, -0.1) is 11.6 Å². The number of likely N-dealkylation sites (N-methyl/N-ethyl adjacent to an activating group) is 1. The zero-order valence-electron chi connectivity index (χ0n) is 46.3. The van der Waals surface area contributed by atoms with Crippen LogP contribution >= 0.6 is 11.6 Å². The molecule has 0 bridgehead atoms. The molecule has 10 amide bonds. The normalized spacial score (nSPS) is 15.7. The van der Waals surface area contributed by atoms with Crippen molar-refractivity contribution < 1.29 is 52.7 Å². The highest BCUT2D eigenvalue weighted by atomic mass is 35.5. The number of carbonyl (C=O) groups excluding carboxylic acids is 10. The minimum Gasteiger partial charge on any atom is -0.409 e. The number of aromatic amines is 1. The van der Waals surface area contributed by atoms with Gasteiger partial charge in [0.25, 0.3) is 17.7 Å². The maximum absolute atomic E-state index is 14.5. The molecule has 5 aromatic rings. The number of halogens is 1. The highest BCUT2D eigenvalue weighted by Gasteiger charge is 2.37. The number of ketones is 2. The van der Waals surface area contributed by atoms with Crippen LogP contribution in [0, 0.1) is 5.92 Å². The summed E-state index contributed by atoms with van der Waals surface area (Å²) in [6.07, 6.45) is 4.19. The summed E-state index contributed by atoms with van der Waals surface area (Å²) in [6, 6.07) is 20.9. The van der Waals surface area contributed by atoms with E-state index in [0.29, 0.717) is 91.1 Å². The van der Waals surface area contributed by atoms with Gasteiger partial charge in [0.05, 0.1) is 11.7 Å². The molecule has 23 heteroatoms. The second-order valence-corrected chi connectivity index (χ2v) is 21.5. The number of Topliss-reactive ketones (excluding diaryl/α,β-unsaturated/α-hetero) is 2. The topological polar surface area (TPSA) is 309 Å². The summed E-state index contributed by atoms with van der Waals surface area (Å²) in [5, 5.41) is 13.1. The summed E-state index contributed by atoms with van der Waals surface area (Å²) >= 11 is 6.57. The predicted molar refractivity (Wildman–Crippen MR) is 312 cm³/mol. The first-order valence-corrected chi connectivity index (χ1v) is 28.5. The summed E-state index contributed by atoms with van der Waals surface area (Å²) in [7, 11) is 2.01. The van der Waals surface area contributed by atoms with Crippen molar-refractivity contribution in [1.29, 1.82) is 0 Å². The van der Waals surface area contributed by atoms with Crippen LogP contribution in [0.3, 0.4) is 0 Å². The van der Waals surface area contributed by atoms with Crippen molar-refractivity contribution >= 4 is 98.2 Å². The zero-order valence-corrected chi connectivity index (χ0v) is 47.1. The van der Waals surface area contributed by atoms with E-state index in [1.54, 1.807) is 46.2 Å². The number of H-pyrrole nitrogens is 1. The number of nitrogens with two attached hydrogens (primary N) is 2. The van der Waals surface area contributed by atoms with E-state index >= 15 is 0 Å². The van der Waals surface area contributed by atoms with Crippen LogP contribution in [0.15, 0.2) is 91.0 Å². The first-order chi connectivity index (χ1) is 40.0. The molecule has 0 saturated carbocycles. The van der Waals surface area contributed by atoms with Crippen molar-refractivity contribution in [1.82, 2.24) is 41.0 Å². The number of amides is 10. The highest BCUT2D eigenvalue weighted by Crippen LogP contribution is 2.46. The fraction of sp³-hybridized carbons (Fsp3) is 0.400. The van der Waals surface area contributed by atoms with E-state index < -0.39 is 47.8 Å². The molecule has 3 aliphatic rings. The maximum atomic E-state index is 14.5. The lowest BCUT2D eigenvalue weighted by Gasteiger charge is -2.31. The molecule has 8 rings (SSSR count). The number of fused-ring (bicyclic) bond motifs is 4. The fourth-order valence-electron chi connectivity index (χ4n) is 10.7. The number of rotatable bonds is 27. The number of primary amides is 2. The van der Waals surface area contributed by atoms with E-state index in [2.05, 4.69) is 31.2 Å². The third-order valence-corrected chi connectivity index (χ3v) is 15.6. The third-order valence-electron chi connectivity index (χ3n) is 15.3. The number of anilines is 1. The Bertz CT molecular complexity index is 3280. The molecule has 0 aliphatic carbocycles. The van der Waals surface area contributed by atoms with E-state index in [-0.39, 0.29) is 93.5 Å². The average molecular weight is 1160 g/mol. The molecular weight excluding hydrogens is 1090 g/mol. The molecule has 83 heavy (non-hydrogen) atoms. The Morgan fingerprint density at radius 1 is 0.735 bits per heavy atom. The van der Waals surface area contributed by atoms with E-state index in [4.69, 9.17) is 27.8 Å². The predicted octanol–water partition coefficient (Wildman–Crippen LogP) is 5.19. The number of benzene rings is 4. The summed E-state index contributed by atoms with van der Waals surface area (Å²) in [5.41, 5.74) is 14.8. The summed E-state index contributed by atoms with van der Waals surface area (Å²) < 4.78 is 6.07. The van der Waals surface area contributed by atoms with Crippen molar-refractivity contribution in [2.45, 2.75) is 76.2 Å². The molecule has 3 atom stereocenters. The van der Waals surface area contributed by atoms with Crippen LogP contribution < -0.4 is 42.4 Å². The second kappa shape index (κ2) is 28.4. The van der Waals surface area contributed by atoms with Gasteiger partial charge < -0.3 is 57.2 Å². The lowest BCUT2D eigenvalue weighted by atomic mass is 9.94. The van der Waals surface area contributed by atoms with Gasteiger partial charge in [0.1, 0.15) is 11.4 Å². The van der Waals surface area contributed by atoms with Crippen LogP contribution in [0.5, 0.6) is 5.75 Å². The van der Waals surface area contributed by atoms with Gasteiger partial charge in [-0.2, -0.15) is 0 Å². The Labute approximate surface area is 484 Å². The number of imide groups is 1. The molecular formula is C60H70ClN11O11. The molecule has 4 aromatic carbocycles. The Morgan fingerprint density at radius 2 is 1.37 bits per heavy atom. The van der Waals surface area contributed by atoms with Crippen LogP contribution in [0.25, 0.3) is 21.7 Å². The minimum atomic E-state index is -0.959. The SMILES string of the molecule is CN1CCN(C(=O)Oc2cc3c(c4ccccc24)[C@H](CCl)CN3C(=O)c2cc3cc(CC(=O)c4ccc(CC(=O)[C@H](CCCNC(N)=O)NC(=O)[C@H](CCCNC(N)=O)CCCNC(=O)CCCN5C(=O)C=CC5=O)cc4)ccc3[nH]2)CC1. The van der Waals surface area contributed by atoms with Crippen LogP contribution in [-0.2, 0) is 36.8 Å². The Morgan fingerprint density at radius 3 is 2.04 bits per heavy atom. The number of ether oxygens (including phenoxy) is 1. The Hall–Kier alpha value is -8.63. The number of nitrogens with zero attached hydrogens (tertiary/aromatic N) is 4. The fourth-order valence-corrected chi connectivity index (χ4v) is 11.0. The zero-order chi connectivity index (χ0) is 59.2. The van der Waals surface area contributed by atoms with Crippen molar-refractivity contribution in [3.8, 4) is 5.75 Å². The second-order valence-electron chi connectivity index (χ2n) is 21.2. The highest BCUT2D eigenvalue weighted by molar-refractivity contribution is 6.19. The van der Waals surface area contributed by atoms with E-state index in [1.807, 2.05) is 49.5 Å². The Kier molecular flexibility index (Phi) is 20.7. The molecule has 1 saturated heterocycles. The summed E-state index contributed by atoms with van der Waals surface area (Å²) in [6.45, 7) is 3.59. The first-order valence-electron chi connectivity index (χ1n) is 28.0. The minimum absolute atomic E-state index is 0.0468. The number of hydrogen-bond acceptors (Lipinski definition) is 12. The van der Waals surface area contributed by atoms with Crippen molar-refractivity contribution in [2.24, 2.45) is 17.4 Å². The number of nitrogens with one attached hydrogen (secondary N) is 5. The Balaban J connectivity index is 0.883. The van der Waals surface area contributed by atoms with Gasteiger partial charge in [-0.1, -0.05) is 54.6 Å². The first kappa shape index (κ1) is 60.5. The monoisotopic (exact) mass is 1160 g/mol. The number of piperazine rings is 1. The smallest absolute Gasteiger partial charge is 0.409 e. The maximum Gasteiger partial charge on any atom is 0.415 e. The molecule has 1 fully saturated rings. The number of alkyl halides is 1. The van der Waals surface area contributed by atoms with Gasteiger partial charge in [0.2, 0.25) is 11.8 Å². The van der Waals surface area contributed by atoms with Gasteiger partial charge in [0.15, 0.2) is 11.6 Å². The summed E-state index contributed by atoms with van der Waals surface area (Å²) in [5.74, 6) is -2.48. The molecule has 3 aliphatic heterocycles. The largest absolute Gasteiger partial charge is 0.415 e. The van der Waals surface area contributed by atoms with Crippen molar-refractivity contribution in [3.05, 3.63) is 119 Å². The van der Waals surface area contributed by atoms with Gasteiger partial charge in [-0.25, -0.2) is 14.4 Å². The van der Waals surface area contributed by atoms with E-state index in [0.717, 1.165) is 39.7 Å². The number of aromatic nitrogens is 1. The van der Waals surface area contributed by atoms with Crippen molar-refractivity contribution in [3.63, 3.8) is 0 Å². The number of carbonyl (C=O) groups is 10. The lowest BCUT2D eigenvalue weighted by molar-refractivity contribution is -0.137. The molecule has 1 aromatic heterocycles. The molecule has 0 unspecified atom stereocenters. The molecule has 9 N–H and O–H groups in total. The molecule has 438 valence electrons. The van der Waals surface area contributed by atoms with Gasteiger partial charge >= 0.3 is 18.2 Å². The van der Waals surface area contributed by atoms with E-state index in [1.165, 1.54) is 12.2 Å². The standard InChI is InChI=1S/C60H70ClN11O11/c1-69-26-28-70(29-27-69)60(82)83-51-34-48-55(44-11-3-2-10-43(44)51)42(35-61)36-72(48)57(79)47-33-41-30-38(16-19-45(41)67-47)32-49(73)39-17-14-37(15-18-39)31-50(74)46(12-6-24-66-59(63)81)68-56(78)40(9-5-23-65-58(62)80)8-4-22-64-52(75)13-7-25-71-53(76)20-21-54(71)77/h2-3,10-11,14-21,30,33-34,40,42,46,67H,4-9,12-13,22-29,31-32,35-36H2,1H3,(H,64,75)(H,68,78)(H3,62,65,80)(H3,63,66,81)/t40-,42+,46-/m0/s1. The summed E-state index contributed by atoms with van der Waals surface area (Å²) in [4.78, 5) is 138. The molecule has 0 spiro atoms. The molecule has 0 radical (unpaired) electrons. The van der Waals surface area contributed by atoms with Gasteiger partial charge in [-0.05, 0) is 92.3 Å². The van der Waals surface area contributed by atoms with Crippen LogP contribution in [0.1, 0.15) is 94.8 Å². The molecule has 4 heterocycles. The third kappa shape index (κ3) is 15.9. The van der Waals surface area contributed by atoms with Crippen molar-refractivity contribution in [2.75, 3.05) is 76.7 Å². The molecule has 22 nitrogen and oxygen atoms in total. The van der Waals surface area contributed by atoms with Gasteiger partial charge in [0, 0.05) is 136 Å². The number of urea groups is 2. The lowest BCUT2D eigenvalue weighted by Crippen LogP contribution is -2.48. The quantitative estimate of drug-likeness (QED) is 0.0155. The average Bonchev–Trinajstić information content (AvgIpc) is 3.12. The van der Waals surface area contributed by atoms with Crippen LogP contribution in [0.4, 0.5) is 20.1 Å². The number of hydrogen-bond donors (Lipinski definition) is 7. The van der Waals surface area contributed by atoms with Crippen LogP contribution in [0.2, 0.25) is 0 Å².